The summed E-state index contributed by atoms with van der Waals surface area (Å²) in [5.41, 5.74) is 1.73. The third-order valence-corrected chi connectivity index (χ3v) is 4.28. The van der Waals surface area contributed by atoms with Gasteiger partial charge in [-0.05, 0) is 23.8 Å². The maximum atomic E-state index is 12.3. The summed E-state index contributed by atoms with van der Waals surface area (Å²) in [7, 11) is 1.76. The molecule has 0 aromatic heterocycles. The fourth-order valence-corrected chi connectivity index (χ4v) is 2.70. The number of carbonyl (C=O) groups is 1. The van der Waals surface area contributed by atoms with Crippen molar-refractivity contribution in [1.82, 2.24) is 4.90 Å². The first-order chi connectivity index (χ1) is 11.1. The number of benzene rings is 2. The Bertz CT molecular complexity index is 721. The van der Waals surface area contributed by atoms with Crippen molar-refractivity contribution in [3.63, 3.8) is 0 Å². The molecular weight excluding hydrogens is 360 g/mol. The number of anilines is 1. The van der Waals surface area contributed by atoms with Crippen LogP contribution in [-0.4, -0.2) is 31.2 Å². The summed E-state index contributed by atoms with van der Waals surface area (Å²) in [6.07, 6.45) is 0. The number of nitrogens with one attached hydrogen (secondary N) is 1. The Morgan fingerprint density at radius 1 is 1.17 bits per heavy atom. The van der Waals surface area contributed by atoms with E-state index in [0.29, 0.717) is 36.9 Å². The molecule has 0 atom stereocenters. The van der Waals surface area contributed by atoms with E-state index >= 15 is 0 Å². The number of urea groups is 1. The van der Waals surface area contributed by atoms with Crippen LogP contribution < -0.4 is 14.8 Å². The first-order valence-corrected chi connectivity index (χ1v) is 8.08. The SMILES string of the molecule is CN(Cc1ccccc1Br)C(=O)Nc1ccc2c(c1)OCCO2. The molecule has 6 heteroatoms. The van der Waals surface area contributed by atoms with Gasteiger partial charge < -0.3 is 19.7 Å². The fourth-order valence-electron chi connectivity index (χ4n) is 2.29. The van der Waals surface area contributed by atoms with E-state index in [1.807, 2.05) is 24.3 Å². The molecule has 5 nitrogen and oxygen atoms in total. The van der Waals surface area contributed by atoms with Crippen molar-refractivity contribution < 1.29 is 14.3 Å². The second-order valence-corrected chi connectivity index (χ2v) is 6.09. The predicted molar refractivity (Wildman–Crippen MR) is 92.1 cm³/mol. The standard InChI is InChI=1S/C17H17BrN2O3/c1-20(11-12-4-2-3-5-14(12)18)17(21)19-13-6-7-15-16(10-13)23-9-8-22-15/h2-7,10H,8-9,11H2,1H3,(H,19,21). The van der Waals surface area contributed by atoms with Crippen LogP contribution in [0.25, 0.3) is 0 Å². The number of halogens is 1. The zero-order chi connectivity index (χ0) is 16.2. The van der Waals surface area contributed by atoms with Crippen LogP contribution in [0, 0.1) is 0 Å². The van der Waals surface area contributed by atoms with Crippen molar-refractivity contribution in [2.75, 3.05) is 25.6 Å². The maximum Gasteiger partial charge on any atom is 0.321 e. The van der Waals surface area contributed by atoms with E-state index in [1.54, 1.807) is 30.1 Å². The lowest BCUT2D eigenvalue weighted by Gasteiger charge is -2.21. The molecule has 23 heavy (non-hydrogen) atoms. The van der Waals surface area contributed by atoms with E-state index in [-0.39, 0.29) is 6.03 Å². The van der Waals surface area contributed by atoms with E-state index in [9.17, 15) is 4.79 Å². The Labute approximate surface area is 143 Å². The average molecular weight is 377 g/mol. The molecule has 2 aromatic rings. The van der Waals surface area contributed by atoms with Gasteiger partial charge in [0.2, 0.25) is 0 Å². The van der Waals surface area contributed by atoms with E-state index in [4.69, 9.17) is 9.47 Å². The third-order valence-electron chi connectivity index (χ3n) is 3.51. The van der Waals surface area contributed by atoms with Crippen molar-refractivity contribution in [2.24, 2.45) is 0 Å². The highest BCUT2D eigenvalue weighted by molar-refractivity contribution is 9.10. The number of nitrogens with zero attached hydrogens (tertiary/aromatic N) is 1. The Morgan fingerprint density at radius 3 is 2.70 bits per heavy atom. The summed E-state index contributed by atoms with van der Waals surface area (Å²) in [5, 5.41) is 2.87. The van der Waals surface area contributed by atoms with Crippen LogP contribution >= 0.6 is 15.9 Å². The number of fused-ring (bicyclic) bond motifs is 1. The lowest BCUT2D eigenvalue weighted by molar-refractivity contribution is 0.171. The molecular formula is C17H17BrN2O3. The van der Waals surface area contributed by atoms with Crippen molar-refractivity contribution in [3.05, 3.63) is 52.5 Å². The Balaban J connectivity index is 1.65. The summed E-state index contributed by atoms with van der Waals surface area (Å²) in [6.45, 7) is 1.58. The molecule has 0 unspecified atom stereocenters. The molecule has 0 bridgehead atoms. The average Bonchev–Trinajstić information content (AvgIpc) is 2.56. The minimum atomic E-state index is -0.183. The van der Waals surface area contributed by atoms with Gasteiger partial charge in [-0.25, -0.2) is 4.79 Å². The van der Waals surface area contributed by atoms with Crippen LogP contribution in [0.4, 0.5) is 10.5 Å². The van der Waals surface area contributed by atoms with Crippen LogP contribution in [0.2, 0.25) is 0 Å². The quantitative estimate of drug-likeness (QED) is 0.883. The fraction of sp³-hybridized carbons (Fsp3) is 0.235. The van der Waals surface area contributed by atoms with E-state index in [2.05, 4.69) is 21.2 Å². The summed E-state index contributed by atoms with van der Waals surface area (Å²) in [4.78, 5) is 13.9. The smallest absolute Gasteiger partial charge is 0.321 e. The van der Waals surface area contributed by atoms with Gasteiger partial charge in [0.05, 0.1) is 0 Å². The van der Waals surface area contributed by atoms with Crippen LogP contribution in [0.1, 0.15) is 5.56 Å². The highest BCUT2D eigenvalue weighted by atomic mass is 79.9. The molecule has 0 spiro atoms. The lowest BCUT2D eigenvalue weighted by atomic mass is 10.2. The van der Waals surface area contributed by atoms with Gasteiger partial charge in [0.25, 0.3) is 0 Å². The number of carbonyl (C=O) groups excluding carboxylic acids is 1. The van der Waals surface area contributed by atoms with Gasteiger partial charge >= 0.3 is 6.03 Å². The van der Waals surface area contributed by atoms with Crippen molar-refractivity contribution in [2.45, 2.75) is 6.54 Å². The second-order valence-electron chi connectivity index (χ2n) is 5.24. The van der Waals surface area contributed by atoms with Crippen LogP contribution in [0.5, 0.6) is 11.5 Å². The topological polar surface area (TPSA) is 50.8 Å². The molecule has 1 aliphatic rings. The molecule has 1 aliphatic heterocycles. The minimum Gasteiger partial charge on any atom is -0.486 e. The molecule has 3 rings (SSSR count). The highest BCUT2D eigenvalue weighted by Crippen LogP contribution is 2.32. The van der Waals surface area contributed by atoms with Gasteiger partial charge in [-0.15, -0.1) is 0 Å². The second kappa shape index (κ2) is 6.91. The van der Waals surface area contributed by atoms with Gasteiger partial charge in [0, 0.05) is 29.8 Å². The van der Waals surface area contributed by atoms with Gasteiger partial charge in [-0.1, -0.05) is 34.1 Å². The zero-order valence-corrected chi connectivity index (χ0v) is 14.3. The van der Waals surface area contributed by atoms with Crippen molar-refractivity contribution in [3.8, 4) is 11.5 Å². The predicted octanol–water partition coefficient (Wildman–Crippen LogP) is 3.88. The summed E-state index contributed by atoms with van der Waals surface area (Å²) < 4.78 is 12.0. The first kappa shape index (κ1) is 15.7. The van der Waals surface area contributed by atoms with Crippen molar-refractivity contribution >= 4 is 27.6 Å². The number of ether oxygens (including phenoxy) is 2. The summed E-state index contributed by atoms with van der Waals surface area (Å²) >= 11 is 3.49. The number of hydrogen-bond acceptors (Lipinski definition) is 3. The van der Waals surface area contributed by atoms with E-state index in [0.717, 1.165) is 10.0 Å². The van der Waals surface area contributed by atoms with Crippen LogP contribution in [-0.2, 0) is 6.54 Å². The number of hydrogen-bond donors (Lipinski definition) is 1. The normalized spacial score (nSPS) is 12.6. The van der Waals surface area contributed by atoms with Crippen molar-refractivity contribution in [1.29, 1.82) is 0 Å². The molecule has 1 heterocycles. The Morgan fingerprint density at radius 2 is 1.91 bits per heavy atom. The van der Waals surface area contributed by atoms with Gasteiger partial charge in [0.1, 0.15) is 13.2 Å². The molecule has 0 aliphatic carbocycles. The largest absolute Gasteiger partial charge is 0.486 e. The molecule has 1 N–H and O–H groups in total. The zero-order valence-electron chi connectivity index (χ0n) is 12.7. The molecule has 0 fully saturated rings. The van der Waals surface area contributed by atoms with Gasteiger partial charge in [-0.3, -0.25) is 0 Å². The lowest BCUT2D eigenvalue weighted by Crippen LogP contribution is -2.31. The number of rotatable bonds is 3. The Hall–Kier alpha value is -2.21. The highest BCUT2D eigenvalue weighted by Gasteiger charge is 2.15. The number of amides is 2. The minimum absolute atomic E-state index is 0.183. The molecule has 0 radical (unpaired) electrons. The van der Waals surface area contributed by atoms with E-state index < -0.39 is 0 Å². The van der Waals surface area contributed by atoms with Crippen LogP contribution in [0.3, 0.4) is 0 Å². The third kappa shape index (κ3) is 3.76. The molecule has 2 amide bonds. The van der Waals surface area contributed by atoms with E-state index in [1.165, 1.54) is 0 Å². The monoisotopic (exact) mass is 376 g/mol. The van der Waals surface area contributed by atoms with Gasteiger partial charge in [-0.2, -0.15) is 0 Å². The molecule has 120 valence electrons. The summed E-state index contributed by atoms with van der Waals surface area (Å²) in [6, 6.07) is 13.0. The first-order valence-electron chi connectivity index (χ1n) is 7.28. The van der Waals surface area contributed by atoms with Crippen LogP contribution in [0.15, 0.2) is 46.9 Å². The van der Waals surface area contributed by atoms with Gasteiger partial charge in [0.15, 0.2) is 11.5 Å². The Kier molecular flexibility index (Phi) is 4.71. The molecule has 0 saturated carbocycles. The summed E-state index contributed by atoms with van der Waals surface area (Å²) in [5.74, 6) is 1.36. The molecule has 2 aromatic carbocycles. The molecule has 0 saturated heterocycles. The maximum absolute atomic E-state index is 12.3.